The van der Waals surface area contributed by atoms with Crippen molar-refractivity contribution in [3.8, 4) is 22.5 Å². The first-order valence-corrected chi connectivity index (χ1v) is 13.4. The van der Waals surface area contributed by atoms with E-state index in [0.717, 1.165) is 44.5 Å². The molecule has 0 amide bonds. The Morgan fingerprint density at radius 1 is 0.744 bits per heavy atom. The summed E-state index contributed by atoms with van der Waals surface area (Å²) in [6.07, 6.45) is 3.71. The van der Waals surface area contributed by atoms with Gasteiger partial charge in [-0.1, -0.05) is 40.8 Å². The van der Waals surface area contributed by atoms with E-state index in [9.17, 15) is 0 Å². The van der Waals surface area contributed by atoms with Crippen molar-refractivity contribution in [1.82, 2.24) is 9.97 Å². The van der Waals surface area contributed by atoms with Gasteiger partial charge in [0.05, 0.1) is 5.58 Å². The minimum atomic E-state index is 0. The molecule has 0 spiro atoms. The normalized spacial score (nSPS) is 10.9. The summed E-state index contributed by atoms with van der Waals surface area (Å²) in [5, 5.41) is 3.52. The number of nitrogens with zero attached hydrogens (tertiary/aromatic N) is 2. The molecule has 3 aromatic carbocycles. The van der Waals surface area contributed by atoms with Gasteiger partial charge in [0.25, 0.3) is 0 Å². The zero-order valence-electron chi connectivity index (χ0n) is 22.1. The van der Waals surface area contributed by atoms with Gasteiger partial charge in [-0.25, -0.2) is 0 Å². The van der Waals surface area contributed by atoms with Gasteiger partial charge in [-0.15, -0.1) is 65.4 Å². The van der Waals surface area contributed by atoms with E-state index in [-0.39, 0.29) is 20.1 Å². The van der Waals surface area contributed by atoms with Crippen LogP contribution in [0.5, 0.6) is 0 Å². The number of rotatable bonds is 2. The Labute approximate surface area is 245 Å². The smallest absolute Gasteiger partial charge is 0.129 e. The van der Waals surface area contributed by atoms with Crippen molar-refractivity contribution in [2.24, 2.45) is 0 Å². The van der Waals surface area contributed by atoms with Crippen LogP contribution in [0.15, 0.2) is 89.6 Å². The van der Waals surface area contributed by atoms with E-state index >= 15 is 0 Å². The minimum Gasteiger partial charge on any atom is -0.500 e. The number of thiophene rings is 1. The SMILES string of the molecule is Cc1cnc(-c2[c-]ccc3c2oc2c3ccc3sc(C)c(C)c32)cc1C.[Ir].[c-]1ccccc1-c1ccccn1. The van der Waals surface area contributed by atoms with Gasteiger partial charge in [0.1, 0.15) is 5.58 Å². The maximum absolute atomic E-state index is 6.45. The van der Waals surface area contributed by atoms with Crippen LogP contribution >= 0.6 is 11.3 Å². The minimum absolute atomic E-state index is 0. The molecule has 4 aromatic heterocycles. The Balaban J connectivity index is 0.000000200. The first kappa shape index (κ1) is 27.0. The fraction of sp³-hybridized carbons (Fsp3) is 0.118. The summed E-state index contributed by atoms with van der Waals surface area (Å²) < 4.78 is 7.73. The molecule has 0 atom stereocenters. The molecule has 4 heterocycles. The largest absolute Gasteiger partial charge is 0.500 e. The van der Waals surface area contributed by atoms with E-state index < -0.39 is 0 Å². The Kier molecular flexibility index (Phi) is 7.76. The van der Waals surface area contributed by atoms with Crippen molar-refractivity contribution < 1.29 is 24.5 Å². The first-order chi connectivity index (χ1) is 18.5. The van der Waals surface area contributed by atoms with Gasteiger partial charge in [-0.05, 0) is 62.3 Å². The van der Waals surface area contributed by atoms with Crippen LogP contribution in [0.4, 0.5) is 0 Å². The van der Waals surface area contributed by atoms with Crippen LogP contribution in [-0.4, -0.2) is 9.97 Å². The maximum atomic E-state index is 6.45. The zero-order chi connectivity index (χ0) is 26.2. The van der Waals surface area contributed by atoms with Crippen molar-refractivity contribution in [1.29, 1.82) is 0 Å². The third-order valence-corrected chi connectivity index (χ3v) is 8.18. The molecule has 1 radical (unpaired) electrons. The second-order valence-electron chi connectivity index (χ2n) is 9.44. The summed E-state index contributed by atoms with van der Waals surface area (Å²) in [7, 11) is 0. The predicted octanol–water partition coefficient (Wildman–Crippen LogP) is 9.44. The maximum Gasteiger partial charge on any atom is 0.129 e. The molecule has 0 aliphatic carbocycles. The number of benzene rings is 3. The molecule has 0 fully saturated rings. The Morgan fingerprint density at radius 3 is 2.31 bits per heavy atom. The molecular weight excluding hydrogens is 677 g/mol. The second-order valence-corrected chi connectivity index (χ2v) is 10.7. The molecule has 39 heavy (non-hydrogen) atoms. The second kappa shape index (κ2) is 11.2. The molecule has 0 bridgehead atoms. The van der Waals surface area contributed by atoms with Crippen molar-refractivity contribution in [3.63, 3.8) is 0 Å². The van der Waals surface area contributed by atoms with Gasteiger partial charge in [0, 0.05) is 52.8 Å². The standard InChI is InChI=1S/C23H18NOS.C11H8N.Ir/c1-12-10-19(24-11-13(12)2)18-7-5-6-16-17-8-9-20-21(14(3)15(4)26-20)23(17)25-22(16)18;1-2-6-10(7-3-1)11-8-4-5-9-12-11;/h5-6,8-11H,1-4H3;1-6,8-9H;/q2*-1;. The Hall–Kier alpha value is -3.63. The fourth-order valence-electron chi connectivity index (χ4n) is 4.67. The molecule has 3 nitrogen and oxygen atoms in total. The molecule has 7 rings (SSSR count). The van der Waals surface area contributed by atoms with Crippen molar-refractivity contribution in [2.75, 3.05) is 0 Å². The van der Waals surface area contributed by atoms with E-state index in [2.05, 4.69) is 74.1 Å². The van der Waals surface area contributed by atoms with Gasteiger partial charge in [-0.3, -0.25) is 0 Å². The predicted molar refractivity (Wildman–Crippen MR) is 159 cm³/mol. The van der Waals surface area contributed by atoms with Crippen LogP contribution in [0, 0.1) is 39.8 Å². The summed E-state index contributed by atoms with van der Waals surface area (Å²) in [6.45, 7) is 8.54. The van der Waals surface area contributed by atoms with E-state index in [4.69, 9.17) is 4.42 Å². The summed E-state index contributed by atoms with van der Waals surface area (Å²) >= 11 is 1.83. The molecule has 195 valence electrons. The van der Waals surface area contributed by atoms with Crippen molar-refractivity contribution in [3.05, 3.63) is 119 Å². The molecule has 0 N–H and O–H groups in total. The molecule has 0 unspecified atom stereocenters. The van der Waals surface area contributed by atoms with Crippen LogP contribution in [0.25, 0.3) is 54.5 Å². The number of aryl methyl sites for hydroxylation is 4. The number of hydrogen-bond acceptors (Lipinski definition) is 4. The van der Waals surface area contributed by atoms with E-state index in [1.54, 1.807) is 6.20 Å². The van der Waals surface area contributed by atoms with Crippen molar-refractivity contribution >= 4 is 43.4 Å². The molecule has 0 aliphatic rings. The number of fused-ring (bicyclic) bond motifs is 5. The van der Waals surface area contributed by atoms with Crippen LogP contribution < -0.4 is 0 Å². The van der Waals surface area contributed by atoms with Crippen LogP contribution in [-0.2, 0) is 20.1 Å². The van der Waals surface area contributed by atoms with E-state index in [1.165, 1.54) is 31.7 Å². The zero-order valence-corrected chi connectivity index (χ0v) is 25.3. The van der Waals surface area contributed by atoms with Crippen LogP contribution in [0.1, 0.15) is 21.6 Å². The van der Waals surface area contributed by atoms with Gasteiger partial charge in [0.2, 0.25) is 0 Å². The van der Waals surface area contributed by atoms with Gasteiger partial charge in [0.15, 0.2) is 0 Å². The van der Waals surface area contributed by atoms with Gasteiger partial charge < -0.3 is 14.4 Å². The fourth-order valence-corrected chi connectivity index (χ4v) is 5.74. The topological polar surface area (TPSA) is 38.9 Å². The molecular formula is C34H26IrN2OS-2. The summed E-state index contributed by atoms with van der Waals surface area (Å²) in [4.78, 5) is 10.2. The van der Waals surface area contributed by atoms with Gasteiger partial charge in [-0.2, -0.15) is 0 Å². The number of aromatic nitrogens is 2. The third kappa shape index (κ3) is 5.06. The molecule has 0 aliphatic heterocycles. The third-order valence-electron chi connectivity index (χ3n) is 7.01. The van der Waals surface area contributed by atoms with Crippen molar-refractivity contribution in [2.45, 2.75) is 27.7 Å². The Morgan fingerprint density at radius 2 is 1.56 bits per heavy atom. The van der Waals surface area contributed by atoms with E-state index in [0.29, 0.717) is 0 Å². The summed E-state index contributed by atoms with van der Waals surface area (Å²) in [5.41, 5.74) is 9.42. The summed E-state index contributed by atoms with van der Waals surface area (Å²) in [5.74, 6) is 0. The number of pyridine rings is 2. The van der Waals surface area contributed by atoms with Crippen LogP contribution in [0.2, 0.25) is 0 Å². The van der Waals surface area contributed by atoms with Crippen LogP contribution in [0.3, 0.4) is 0 Å². The number of furan rings is 1. The van der Waals surface area contributed by atoms with Gasteiger partial charge >= 0.3 is 0 Å². The quantitative estimate of drug-likeness (QED) is 0.169. The molecule has 0 saturated carbocycles. The average Bonchev–Trinajstić information content (AvgIpc) is 3.48. The average molecular weight is 703 g/mol. The first-order valence-electron chi connectivity index (χ1n) is 12.6. The van der Waals surface area contributed by atoms with E-state index in [1.807, 2.05) is 66.1 Å². The number of hydrogen-bond donors (Lipinski definition) is 0. The molecule has 0 saturated heterocycles. The molecule has 5 heteroatoms. The Bertz CT molecular complexity index is 1870. The molecule has 7 aromatic rings. The monoisotopic (exact) mass is 703 g/mol. The summed E-state index contributed by atoms with van der Waals surface area (Å²) in [6, 6.07) is 30.7.